The normalized spacial score (nSPS) is 20.3. The van der Waals surface area contributed by atoms with E-state index in [4.69, 9.17) is 4.74 Å². The highest BCUT2D eigenvalue weighted by Gasteiger charge is 2.22. The van der Waals surface area contributed by atoms with Crippen molar-refractivity contribution in [2.24, 2.45) is 0 Å². The van der Waals surface area contributed by atoms with Crippen molar-refractivity contribution >= 4 is 5.97 Å². The first-order valence-corrected chi connectivity index (χ1v) is 4.92. The molecule has 0 aromatic heterocycles. The van der Waals surface area contributed by atoms with Gasteiger partial charge in [0, 0.05) is 13.1 Å². The molecule has 15 heavy (non-hydrogen) atoms. The number of hydrogen-bond acceptors (Lipinski definition) is 3. The quantitative estimate of drug-likeness (QED) is 0.582. The molecule has 3 nitrogen and oxygen atoms in total. The van der Waals surface area contributed by atoms with Gasteiger partial charge in [-0.25, -0.2) is 4.79 Å². The molecule has 0 bridgehead atoms. The third kappa shape index (κ3) is 2.25. The fourth-order valence-corrected chi connectivity index (χ4v) is 1.52. The van der Waals surface area contributed by atoms with Crippen molar-refractivity contribution in [3.05, 3.63) is 48.0 Å². The van der Waals surface area contributed by atoms with Gasteiger partial charge in [0.15, 0.2) is 0 Å². The van der Waals surface area contributed by atoms with Gasteiger partial charge in [-0.3, -0.25) is 0 Å². The van der Waals surface area contributed by atoms with Crippen LogP contribution >= 0.6 is 0 Å². The Balaban J connectivity index is 2.01. The molecule has 1 aromatic carbocycles. The summed E-state index contributed by atoms with van der Waals surface area (Å²) >= 11 is 0. The average molecular weight is 203 g/mol. The van der Waals surface area contributed by atoms with Crippen molar-refractivity contribution < 1.29 is 9.53 Å². The van der Waals surface area contributed by atoms with Gasteiger partial charge in [-0.05, 0) is 17.7 Å². The van der Waals surface area contributed by atoms with Gasteiger partial charge in [0.25, 0.3) is 0 Å². The largest absolute Gasteiger partial charge is 0.453 e. The topological polar surface area (TPSA) is 38.3 Å². The van der Waals surface area contributed by atoms with Gasteiger partial charge in [-0.1, -0.05) is 24.8 Å². The third-order valence-electron chi connectivity index (χ3n) is 2.40. The molecule has 3 heteroatoms. The van der Waals surface area contributed by atoms with Gasteiger partial charge in [-0.2, -0.15) is 0 Å². The second-order valence-corrected chi connectivity index (χ2v) is 3.55. The summed E-state index contributed by atoms with van der Waals surface area (Å²) in [6.45, 7) is 5.24. The molecule has 0 radical (unpaired) electrons. The number of benzene rings is 1. The van der Waals surface area contributed by atoms with E-state index in [2.05, 4.69) is 11.9 Å². The molecule has 1 atom stereocenters. The molecular formula is C12H13NO2. The third-order valence-corrected chi connectivity index (χ3v) is 2.40. The lowest BCUT2D eigenvalue weighted by atomic mass is 10.2. The van der Waals surface area contributed by atoms with E-state index in [0.717, 1.165) is 12.1 Å². The summed E-state index contributed by atoms with van der Waals surface area (Å²) in [7, 11) is 0. The van der Waals surface area contributed by atoms with Crippen LogP contribution in [-0.4, -0.2) is 25.2 Å². The summed E-state index contributed by atoms with van der Waals surface area (Å²) in [5.74, 6) is -0.287. The minimum atomic E-state index is -0.287. The first-order chi connectivity index (χ1) is 7.27. The Kier molecular flexibility index (Phi) is 2.83. The highest BCUT2D eigenvalue weighted by molar-refractivity contribution is 5.89. The monoisotopic (exact) mass is 203 g/mol. The smallest absolute Gasteiger partial charge is 0.338 e. The molecular weight excluding hydrogens is 190 g/mol. The van der Waals surface area contributed by atoms with Gasteiger partial charge >= 0.3 is 5.97 Å². The number of carbonyl (C=O) groups excluding carboxylic acids is 1. The van der Waals surface area contributed by atoms with Crippen LogP contribution in [-0.2, 0) is 4.74 Å². The second kappa shape index (κ2) is 4.28. The molecule has 0 saturated carbocycles. The van der Waals surface area contributed by atoms with Crippen LogP contribution in [0.4, 0.5) is 0 Å². The number of rotatable bonds is 2. The Hall–Kier alpha value is -1.61. The van der Waals surface area contributed by atoms with Crippen LogP contribution in [0.2, 0.25) is 0 Å². The minimum absolute atomic E-state index is 0.183. The molecule has 1 aliphatic heterocycles. The lowest BCUT2D eigenvalue weighted by Crippen LogP contribution is -2.21. The lowest BCUT2D eigenvalue weighted by molar-refractivity contribution is 0.0405. The summed E-state index contributed by atoms with van der Waals surface area (Å²) in [5.41, 5.74) is 1.51. The SMILES string of the molecule is C=C1CNCC1OC(=O)c1ccccc1. The predicted molar refractivity (Wildman–Crippen MR) is 57.7 cm³/mol. The standard InChI is InChI=1S/C12H13NO2/c1-9-7-13-8-11(9)15-12(14)10-5-3-2-4-6-10/h2-6,11,13H,1,7-8H2. The van der Waals surface area contributed by atoms with Crippen molar-refractivity contribution in [2.45, 2.75) is 6.10 Å². The highest BCUT2D eigenvalue weighted by Crippen LogP contribution is 2.12. The maximum absolute atomic E-state index is 11.7. The fourth-order valence-electron chi connectivity index (χ4n) is 1.52. The zero-order valence-corrected chi connectivity index (χ0v) is 8.40. The maximum atomic E-state index is 11.7. The molecule has 78 valence electrons. The summed E-state index contributed by atoms with van der Waals surface area (Å²) < 4.78 is 5.31. The van der Waals surface area contributed by atoms with Crippen LogP contribution < -0.4 is 5.32 Å². The molecule has 1 heterocycles. The fraction of sp³-hybridized carbons (Fsp3) is 0.250. The molecule has 0 aliphatic carbocycles. The predicted octanol–water partition coefficient (Wildman–Crippen LogP) is 1.37. The van der Waals surface area contributed by atoms with Gasteiger partial charge < -0.3 is 10.1 Å². The maximum Gasteiger partial charge on any atom is 0.338 e. The number of esters is 1. The van der Waals surface area contributed by atoms with Crippen LogP contribution in [0, 0.1) is 0 Å². The van der Waals surface area contributed by atoms with E-state index in [1.165, 1.54) is 0 Å². The number of carbonyl (C=O) groups is 1. The summed E-state index contributed by atoms with van der Waals surface area (Å²) in [6.07, 6.45) is -0.183. The van der Waals surface area contributed by atoms with E-state index in [1.54, 1.807) is 12.1 Å². The number of hydrogen-bond donors (Lipinski definition) is 1. The van der Waals surface area contributed by atoms with E-state index < -0.39 is 0 Å². The Morgan fingerprint density at radius 1 is 1.40 bits per heavy atom. The van der Waals surface area contributed by atoms with Gasteiger partial charge in [0.05, 0.1) is 5.56 Å². The van der Waals surface area contributed by atoms with E-state index in [1.807, 2.05) is 18.2 Å². The van der Waals surface area contributed by atoms with Crippen molar-refractivity contribution in [3.8, 4) is 0 Å². The van der Waals surface area contributed by atoms with E-state index in [0.29, 0.717) is 12.1 Å². The van der Waals surface area contributed by atoms with Crippen molar-refractivity contribution in [3.63, 3.8) is 0 Å². The average Bonchev–Trinajstić information content (AvgIpc) is 2.66. The first kappa shape index (κ1) is 9.93. The Bertz CT molecular complexity index is 372. The lowest BCUT2D eigenvalue weighted by Gasteiger charge is -2.11. The van der Waals surface area contributed by atoms with Crippen LogP contribution in [0.25, 0.3) is 0 Å². The highest BCUT2D eigenvalue weighted by atomic mass is 16.5. The summed E-state index contributed by atoms with van der Waals surface area (Å²) in [4.78, 5) is 11.7. The van der Waals surface area contributed by atoms with Gasteiger partial charge in [0.1, 0.15) is 6.10 Å². The van der Waals surface area contributed by atoms with E-state index in [9.17, 15) is 4.79 Å². The Morgan fingerprint density at radius 3 is 2.73 bits per heavy atom. The van der Waals surface area contributed by atoms with Crippen molar-refractivity contribution in [1.82, 2.24) is 5.32 Å². The molecule has 1 saturated heterocycles. The van der Waals surface area contributed by atoms with Crippen molar-refractivity contribution in [2.75, 3.05) is 13.1 Å². The molecule has 1 N–H and O–H groups in total. The van der Waals surface area contributed by atoms with Gasteiger partial charge in [0.2, 0.25) is 0 Å². The van der Waals surface area contributed by atoms with Crippen LogP contribution in [0.5, 0.6) is 0 Å². The molecule has 2 rings (SSSR count). The molecule has 1 aliphatic rings. The Labute approximate surface area is 88.8 Å². The zero-order chi connectivity index (χ0) is 10.7. The second-order valence-electron chi connectivity index (χ2n) is 3.55. The minimum Gasteiger partial charge on any atom is -0.453 e. The Morgan fingerprint density at radius 2 is 2.13 bits per heavy atom. The summed E-state index contributed by atoms with van der Waals surface area (Å²) in [5, 5.41) is 3.10. The first-order valence-electron chi connectivity index (χ1n) is 4.92. The van der Waals surface area contributed by atoms with Crippen molar-refractivity contribution in [1.29, 1.82) is 0 Å². The number of nitrogens with one attached hydrogen (secondary N) is 1. The zero-order valence-electron chi connectivity index (χ0n) is 8.40. The van der Waals surface area contributed by atoms with Crippen LogP contribution in [0.3, 0.4) is 0 Å². The molecule has 0 amide bonds. The van der Waals surface area contributed by atoms with E-state index >= 15 is 0 Å². The van der Waals surface area contributed by atoms with Crippen LogP contribution in [0.15, 0.2) is 42.5 Å². The number of ether oxygens (including phenoxy) is 1. The molecule has 1 aromatic rings. The molecule has 0 spiro atoms. The molecule has 1 fully saturated rings. The van der Waals surface area contributed by atoms with E-state index in [-0.39, 0.29) is 12.1 Å². The summed E-state index contributed by atoms with van der Waals surface area (Å²) in [6, 6.07) is 8.99. The van der Waals surface area contributed by atoms with Gasteiger partial charge in [-0.15, -0.1) is 0 Å². The van der Waals surface area contributed by atoms with Crippen LogP contribution in [0.1, 0.15) is 10.4 Å². The molecule has 1 unspecified atom stereocenters.